The van der Waals surface area contributed by atoms with Gasteiger partial charge >= 0.3 is 5.97 Å². The second-order valence-electron chi connectivity index (χ2n) is 6.75. The zero-order chi connectivity index (χ0) is 19.3. The number of nitrogens with one attached hydrogen (secondary N) is 1. The monoisotopic (exact) mass is 378 g/mol. The fourth-order valence-corrected chi connectivity index (χ4v) is 3.44. The third kappa shape index (κ3) is 3.92. The molecule has 2 aromatic carbocycles. The predicted molar refractivity (Wildman–Crippen MR) is 105 cm³/mol. The van der Waals surface area contributed by atoms with Crippen LogP contribution >= 0.6 is 0 Å². The number of carbonyl (C=O) groups is 2. The van der Waals surface area contributed by atoms with E-state index in [0.717, 1.165) is 16.5 Å². The van der Waals surface area contributed by atoms with Crippen LogP contribution in [0.15, 0.2) is 60.8 Å². The third-order valence-electron chi connectivity index (χ3n) is 4.91. The highest BCUT2D eigenvalue weighted by molar-refractivity contribution is 5.89. The van der Waals surface area contributed by atoms with Crippen molar-refractivity contribution in [3.05, 3.63) is 71.9 Å². The van der Waals surface area contributed by atoms with Crippen LogP contribution in [0.3, 0.4) is 0 Å². The lowest BCUT2D eigenvalue weighted by molar-refractivity contribution is -0.162. The second-order valence-corrected chi connectivity index (χ2v) is 6.75. The average Bonchev–Trinajstić information content (AvgIpc) is 3.15. The number of morpholine rings is 1. The SMILES string of the molecule is O=C(Cc1c[nH]c2ccccc12)OC(C(=O)N1CCOCC1)c1ccccc1. The van der Waals surface area contributed by atoms with Crippen molar-refractivity contribution in [2.75, 3.05) is 26.3 Å². The fraction of sp³-hybridized carbons (Fsp3) is 0.273. The summed E-state index contributed by atoms with van der Waals surface area (Å²) in [5.74, 6) is -0.637. The van der Waals surface area contributed by atoms with E-state index >= 15 is 0 Å². The van der Waals surface area contributed by atoms with Gasteiger partial charge < -0.3 is 19.4 Å². The van der Waals surface area contributed by atoms with Crippen molar-refractivity contribution in [2.45, 2.75) is 12.5 Å². The molecule has 1 atom stereocenters. The molecule has 1 fully saturated rings. The molecule has 0 radical (unpaired) electrons. The lowest BCUT2D eigenvalue weighted by atomic mass is 10.1. The number of H-pyrrole nitrogens is 1. The minimum Gasteiger partial charge on any atom is -0.447 e. The first-order valence-corrected chi connectivity index (χ1v) is 9.38. The van der Waals surface area contributed by atoms with Crippen LogP contribution in [-0.2, 0) is 25.5 Å². The summed E-state index contributed by atoms with van der Waals surface area (Å²) >= 11 is 0. The number of carbonyl (C=O) groups excluding carboxylic acids is 2. The quantitative estimate of drug-likeness (QED) is 0.693. The van der Waals surface area contributed by atoms with Gasteiger partial charge in [-0.15, -0.1) is 0 Å². The van der Waals surface area contributed by atoms with Crippen LogP contribution in [0, 0.1) is 0 Å². The van der Waals surface area contributed by atoms with Crippen LogP contribution < -0.4 is 0 Å². The molecule has 1 aliphatic rings. The number of para-hydroxylation sites is 1. The van der Waals surface area contributed by atoms with Crippen molar-refractivity contribution in [2.24, 2.45) is 0 Å². The molecule has 1 aliphatic heterocycles. The number of ether oxygens (including phenoxy) is 2. The van der Waals surface area contributed by atoms with Gasteiger partial charge in [-0.05, 0) is 11.6 Å². The third-order valence-corrected chi connectivity index (χ3v) is 4.91. The van der Waals surface area contributed by atoms with Gasteiger partial charge in [0.1, 0.15) is 0 Å². The summed E-state index contributed by atoms with van der Waals surface area (Å²) in [5.41, 5.74) is 2.49. The maximum atomic E-state index is 13.0. The van der Waals surface area contributed by atoms with Gasteiger partial charge in [-0.1, -0.05) is 48.5 Å². The van der Waals surface area contributed by atoms with Crippen molar-refractivity contribution in [3.8, 4) is 0 Å². The van der Waals surface area contributed by atoms with Crippen LogP contribution in [0.25, 0.3) is 10.9 Å². The highest BCUT2D eigenvalue weighted by Gasteiger charge is 2.30. The molecule has 1 aromatic heterocycles. The van der Waals surface area contributed by atoms with E-state index < -0.39 is 12.1 Å². The average molecular weight is 378 g/mol. The van der Waals surface area contributed by atoms with E-state index in [2.05, 4.69) is 4.98 Å². The summed E-state index contributed by atoms with van der Waals surface area (Å²) in [5, 5.41) is 0.982. The summed E-state index contributed by atoms with van der Waals surface area (Å²) in [6, 6.07) is 16.9. The first kappa shape index (κ1) is 18.3. The highest BCUT2D eigenvalue weighted by Crippen LogP contribution is 2.23. The number of esters is 1. The predicted octanol–water partition coefficient (Wildman–Crippen LogP) is 2.85. The highest BCUT2D eigenvalue weighted by atomic mass is 16.5. The van der Waals surface area contributed by atoms with Crippen molar-refractivity contribution < 1.29 is 19.1 Å². The molecule has 6 heteroatoms. The van der Waals surface area contributed by atoms with E-state index in [4.69, 9.17) is 9.47 Å². The Morgan fingerprint density at radius 1 is 1.04 bits per heavy atom. The molecule has 3 aromatic rings. The Kier molecular flexibility index (Phi) is 5.39. The van der Waals surface area contributed by atoms with Crippen molar-refractivity contribution in [1.82, 2.24) is 9.88 Å². The van der Waals surface area contributed by atoms with Crippen molar-refractivity contribution in [1.29, 1.82) is 0 Å². The van der Waals surface area contributed by atoms with Crippen molar-refractivity contribution >= 4 is 22.8 Å². The summed E-state index contributed by atoms with van der Waals surface area (Å²) in [6.45, 7) is 2.00. The number of amides is 1. The lowest BCUT2D eigenvalue weighted by Gasteiger charge is -2.30. The number of aromatic nitrogens is 1. The molecule has 1 unspecified atom stereocenters. The van der Waals surface area contributed by atoms with E-state index in [1.54, 1.807) is 4.90 Å². The Morgan fingerprint density at radius 3 is 2.54 bits per heavy atom. The van der Waals surface area contributed by atoms with Crippen LogP contribution in [0.2, 0.25) is 0 Å². The molecule has 144 valence electrons. The van der Waals surface area contributed by atoms with E-state index in [-0.39, 0.29) is 12.3 Å². The second kappa shape index (κ2) is 8.27. The molecular weight excluding hydrogens is 356 g/mol. The summed E-state index contributed by atoms with van der Waals surface area (Å²) in [4.78, 5) is 30.6. The first-order chi connectivity index (χ1) is 13.7. The van der Waals surface area contributed by atoms with Crippen molar-refractivity contribution in [3.63, 3.8) is 0 Å². The van der Waals surface area contributed by atoms with Gasteiger partial charge in [0.05, 0.1) is 19.6 Å². The Bertz CT molecular complexity index is 961. The molecule has 4 rings (SSSR count). The van der Waals surface area contributed by atoms with E-state index in [1.165, 1.54) is 0 Å². The fourth-order valence-electron chi connectivity index (χ4n) is 3.44. The van der Waals surface area contributed by atoms with Crippen LogP contribution in [0.4, 0.5) is 0 Å². The van der Waals surface area contributed by atoms with Crippen LogP contribution in [-0.4, -0.2) is 48.1 Å². The number of fused-ring (bicyclic) bond motifs is 1. The van der Waals surface area contributed by atoms with Gasteiger partial charge in [-0.2, -0.15) is 0 Å². The first-order valence-electron chi connectivity index (χ1n) is 9.38. The van der Waals surface area contributed by atoms with Gasteiger partial charge in [0, 0.05) is 35.8 Å². The molecule has 1 N–H and O–H groups in total. The van der Waals surface area contributed by atoms with Gasteiger partial charge in [-0.25, -0.2) is 0 Å². The molecule has 1 amide bonds. The molecule has 0 bridgehead atoms. The summed E-state index contributed by atoms with van der Waals surface area (Å²) < 4.78 is 11.0. The Morgan fingerprint density at radius 2 is 1.75 bits per heavy atom. The van der Waals surface area contributed by atoms with Crippen LogP contribution in [0.5, 0.6) is 0 Å². The topological polar surface area (TPSA) is 71.6 Å². The molecule has 0 aliphatic carbocycles. The summed E-state index contributed by atoms with van der Waals surface area (Å²) in [7, 11) is 0. The Labute approximate surface area is 163 Å². The van der Waals surface area contributed by atoms with E-state index in [1.807, 2.05) is 60.8 Å². The number of hydrogen-bond acceptors (Lipinski definition) is 4. The summed E-state index contributed by atoms with van der Waals surface area (Å²) in [6.07, 6.45) is 0.966. The maximum absolute atomic E-state index is 13.0. The Balaban J connectivity index is 1.53. The molecule has 0 saturated carbocycles. The van der Waals surface area contributed by atoms with Gasteiger partial charge in [0.15, 0.2) is 0 Å². The molecule has 28 heavy (non-hydrogen) atoms. The zero-order valence-corrected chi connectivity index (χ0v) is 15.5. The molecule has 0 spiro atoms. The van der Waals surface area contributed by atoms with Crippen LogP contribution in [0.1, 0.15) is 17.2 Å². The Hall–Kier alpha value is -3.12. The molecule has 2 heterocycles. The number of benzene rings is 2. The number of aromatic amines is 1. The molecule has 6 nitrogen and oxygen atoms in total. The van der Waals surface area contributed by atoms with Gasteiger partial charge in [-0.3, -0.25) is 9.59 Å². The van der Waals surface area contributed by atoms with E-state index in [9.17, 15) is 9.59 Å². The molecular formula is C22H22N2O4. The number of rotatable bonds is 5. The largest absolute Gasteiger partial charge is 0.447 e. The smallest absolute Gasteiger partial charge is 0.311 e. The minimum absolute atomic E-state index is 0.101. The number of nitrogens with zero attached hydrogens (tertiary/aromatic N) is 1. The lowest BCUT2D eigenvalue weighted by Crippen LogP contribution is -2.44. The maximum Gasteiger partial charge on any atom is 0.311 e. The standard InChI is InChI=1S/C22H22N2O4/c25-20(14-17-15-23-19-9-5-4-8-18(17)19)28-21(16-6-2-1-3-7-16)22(26)24-10-12-27-13-11-24/h1-9,15,21,23H,10-14H2. The number of hydrogen-bond donors (Lipinski definition) is 1. The zero-order valence-electron chi connectivity index (χ0n) is 15.5. The van der Waals surface area contributed by atoms with Gasteiger partial charge in [0.25, 0.3) is 5.91 Å². The minimum atomic E-state index is -0.947. The van der Waals surface area contributed by atoms with Gasteiger partial charge in [0.2, 0.25) is 6.10 Å². The molecule has 1 saturated heterocycles. The normalized spacial score (nSPS) is 15.4. The van der Waals surface area contributed by atoms with E-state index in [0.29, 0.717) is 31.9 Å².